The molecule has 1 atom stereocenters. The molecule has 60 valence electrons. The fourth-order valence-corrected chi connectivity index (χ4v) is 1.53. The Balaban J connectivity index is 2.34. The fourth-order valence-electron chi connectivity index (χ4n) is 1.53. The normalized spacial score (nSPS) is 18.4. The van der Waals surface area contributed by atoms with Crippen LogP contribution in [0.3, 0.4) is 0 Å². The van der Waals surface area contributed by atoms with Gasteiger partial charge in [-0.3, -0.25) is 0 Å². The number of fused-ring (bicyclic) bond motifs is 1. The van der Waals surface area contributed by atoms with Gasteiger partial charge in [-0.15, -0.1) is 0 Å². The molecule has 1 aliphatic carbocycles. The van der Waals surface area contributed by atoms with E-state index >= 15 is 0 Å². The molecular weight excluding hydrogens is 138 g/mol. The summed E-state index contributed by atoms with van der Waals surface area (Å²) in [4.78, 5) is 7.67. The van der Waals surface area contributed by atoms with E-state index in [1.54, 1.807) is 0 Å². The van der Waals surface area contributed by atoms with Gasteiger partial charge in [0.15, 0.2) is 0 Å². The maximum absolute atomic E-state index is 5.68. The number of H-pyrrole nitrogens is 1. The summed E-state index contributed by atoms with van der Waals surface area (Å²) in [5.74, 6) is 0.940. The Kier molecular flexibility index (Phi) is 1.46. The average molecular weight is 151 g/mol. The zero-order chi connectivity index (χ0) is 7.84. The second-order valence-electron chi connectivity index (χ2n) is 3.19. The van der Waals surface area contributed by atoms with Crippen molar-refractivity contribution >= 4 is 0 Å². The number of aromatic nitrogens is 2. The highest BCUT2D eigenvalue weighted by Gasteiger charge is 2.16. The summed E-state index contributed by atoms with van der Waals surface area (Å²) in [7, 11) is 0. The highest BCUT2D eigenvalue weighted by molar-refractivity contribution is 5.20. The summed E-state index contributed by atoms with van der Waals surface area (Å²) < 4.78 is 0. The number of nitrogens with two attached hydrogens (primary N) is 1. The topological polar surface area (TPSA) is 54.7 Å². The molecule has 0 saturated carbocycles. The Morgan fingerprint density at radius 1 is 1.55 bits per heavy atom. The number of hydrogen-bond donors (Lipinski definition) is 2. The lowest BCUT2D eigenvalue weighted by atomic mass is 10.3. The molecule has 0 amide bonds. The van der Waals surface area contributed by atoms with Crippen LogP contribution < -0.4 is 5.73 Å². The van der Waals surface area contributed by atoms with Crippen LogP contribution in [0, 0.1) is 0 Å². The maximum Gasteiger partial charge on any atom is 0.123 e. The van der Waals surface area contributed by atoms with E-state index in [9.17, 15) is 0 Å². The molecule has 11 heavy (non-hydrogen) atoms. The summed E-state index contributed by atoms with van der Waals surface area (Å²) in [5, 5.41) is 0. The monoisotopic (exact) mass is 151 g/mol. The van der Waals surface area contributed by atoms with Gasteiger partial charge in [0.2, 0.25) is 0 Å². The largest absolute Gasteiger partial charge is 0.344 e. The first kappa shape index (κ1) is 6.85. The van der Waals surface area contributed by atoms with Crippen LogP contribution in [0.15, 0.2) is 0 Å². The predicted octanol–water partition coefficient (Wildman–Crippen LogP) is 0.918. The minimum absolute atomic E-state index is 0.0422. The SMILES string of the molecule is CC(N)c1nc2c([nH]1)CCC2. The quantitative estimate of drug-likeness (QED) is 0.627. The molecule has 1 heterocycles. The van der Waals surface area contributed by atoms with Crippen molar-refractivity contribution in [1.82, 2.24) is 9.97 Å². The van der Waals surface area contributed by atoms with Crippen molar-refractivity contribution in [2.24, 2.45) is 5.73 Å². The number of imidazole rings is 1. The number of hydrogen-bond acceptors (Lipinski definition) is 2. The van der Waals surface area contributed by atoms with Gasteiger partial charge >= 0.3 is 0 Å². The van der Waals surface area contributed by atoms with Crippen molar-refractivity contribution in [3.05, 3.63) is 17.2 Å². The van der Waals surface area contributed by atoms with Crippen LogP contribution in [-0.4, -0.2) is 9.97 Å². The molecule has 0 fully saturated rings. The Bertz CT molecular complexity index is 241. The van der Waals surface area contributed by atoms with Crippen molar-refractivity contribution in [3.63, 3.8) is 0 Å². The molecule has 0 aromatic carbocycles. The van der Waals surface area contributed by atoms with Crippen LogP contribution in [0.25, 0.3) is 0 Å². The molecule has 1 aromatic rings. The lowest BCUT2D eigenvalue weighted by Gasteiger charge is -1.98. The van der Waals surface area contributed by atoms with Gasteiger partial charge in [0.05, 0.1) is 11.7 Å². The summed E-state index contributed by atoms with van der Waals surface area (Å²) in [6.45, 7) is 1.95. The highest BCUT2D eigenvalue weighted by Crippen LogP contribution is 2.20. The van der Waals surface area contributed by atoms with Gasteiger partial charge in [0.1, 0.15) is 5.82 Å². The number of aryl methyl sites for hydroxylation is 2. The molecule has 3 heteroatoms. The number of nitrogens with one attached hydrogen (secondary N) is 1. The molecule has 3 nitrogen and oxygen atoms in total. The van der Waals surface area contributed by atoms with Crippen LogP contribution in [0.1, 0.15) is 36.6 Å². The lowest BCUT2D eigenvalue weighted by Crippen LogP contribution is -2.07. The third kappa shape index (κ3) is 1.05. The van der Waals surface area contributed by atoms with Crippen molar-refractivity contribution in [3.8, 4) is 0 Å². The molecular formula is C8H13N3. The first-order chi connectivity index (χ1) is 5.27. The van der Waals surface area contributed by atoms with Gasteiger partial charge in [0, 0.05) is 5.69 Å². The van der Waals surface area contributed by atoms with Gasteiger partial charge in [-0.25, -0.2) is 4.98 Å². The van der Waals surface area contributed by atoms with E-state index in [1.807, 2.05) is 6.92 Å². The molecule has 0 aliphatic heterocycles. The molecule has 1 aromatic heterocycles. The minimum atomic E-state index is 0.0422. The Hall–Kier alpha value is -0.830. The van der Waals surface area contributed by atoms with Gasteiger partial charge in [-0.05, 0) is 26.2 Å². The van der Waals surface area contributed by atoms with Crippen molar-refractivity contribution in [2.45, 2.75) is 32.2 Å². The second kappa shape index (κ2) is 2.34. The zero-order valence-electron chi connectivity index (χ0n) is 6.72. The summed E-state index contributed by atoms with van der Waals surface area (Å²) in [6.07, 6.45) is 3.51. The Labute approximate surface area is 66.0 Å². The molecule has 0 radical (unpaired) electrons. The number of nitrogens with zero attached hydrogens (tertiary/aromatic N) is 1. The molecule has 0 spiro atoms. The van der Waals surface area contributed by atoms with Gasteiger partial charge in [0.25, 0.3) is 0 Å². The van der Waals surface area contributed by atoms with Crippen LogP contribution in [0.4, 0.5) is 0 Å². The summed E-state index contributed by atoms with van der Waals surface area (Å²) in [6, 6.07) is 0.0422. The lowest BCUT2D eigenvalue weighted by molar-refractivity contribution is 0.736. The summed E-state index contributed by atoms with van der Waals surface area (Å²) >= 11 is 0. The molecule has 3 N–H and O–H groups in total. The fraction of sp³-hybridized carbons (Fsp3) is 0.625. The third-order valence-electron chi connectivity index (χ3n) is 2.15. The van der Waals surface area contributed by atoms with Crippen LogP contribution >= 0.6 is 0 Å². The van der Waals surface area contributed by atoms with E-state index in [2.05, 4.69) is 9.97 Å². The van der Waals surface area contributed by atoms with Crippen LogP contribution in [-0.2, 0) is 12.8 Å². The molecule has 1 unspecified atom stereocenters. The van der Waals surface area contributed by atoms with Crippen LogP contribution in [0.2, 0.25) is 0 Å². The number of aromatic amines is 1. The van der Waals surface area contributed by atoms with E-state index in [0.29, 0.717) is 0 Å². The van der Waals surface area contributed by atoms with Crippen molar-refractivity contribution in [1.29, 1.82) is 0 Å². The minimum Gasteiger partial charge on any atom is -0.344 e. The first-order valence-corrected chi connectivity index (χ1v) is 4.10. The van der Waals surface area contributed by atoms with Crippen molar-refractivity contribution in [2.75, 3.05) is 0 Å². The third-order valence-corrected chi connectivity index (χ3v) is 2.15. The number of rotatable bonds is 1. The second-order valence-corrected chi connectivity index (χ2v) is 3.19. The maximum atomic E-state index is 5.68. The molecule has 0 saturated heterocycles. The van der Waals surface area contributed by atoms with E-state index in [-0.39, 0.29) is 6.04 Å². The van der Waals surface area contributed by atoms with E-state index in [0.717, 1.165) is 18.7 Å². The smallest absolute Gasteiger partial charge is 0.123 e. The van der Waals surface area contributed by atoms with E-state index in [4.69, 9.17) is 5.73 Å². The van der Waals surface area contributed by atoms with Gasteiger partial charge < -0.3 is 10.7 Å². The Morgan fingerprint density at radius 3 is 3.00 bits per heavy atom. The molecule has 0 bridgehead atoms. The first-order valence-electron chi connectivity index (χ1n) is 4.10. The van der Waals surface area contributed by atoms with Gasteiger partial charge in [-0.2, -0.15) is 0 Å². The standard InChI is InChI=1S/C8H13N3/c1-5(9)8-10-6-3-2-4-7(6)11-8/h5H,2-4,9H2,1H3,(H,10,11). The van der Waals surface area contributed by atoms with Crippen LogP contribution in [0.5, 0.6) is 0 Å². The molecule has 2 rings (SSSR count). The zero-order valence-corrected chi connectivity index (χ0v) is 6.72. The van der Waals surface area contributed by atoms with E-state index < -0.39 is 0 Å². The van der Waals surface area contributed by atoms with Gasteiger partial charge in [-0.1, -0.05) is 0 Å². The Morgan fingerprint density at radius 2 is 2.36 bits per heavy atom. The predicted molar refractivity (Wildman–Crippen MR) is 43.2 cm³/mol. The summed E-state index contributed by atoms with van der Waals surface area (Å²) in [5.41, 5.74) is 8.22. The highest BCUT2D eigenvalue weighted by atomic mass is 15.0. The van der Waals surface area contributed by atoms with Crippen molar-refractivity contribution < 1.29 is 0 Å². The average Bonchev–Trinajstić information content (AvgIpc) is 2.40. The van der Waals surface area contributed by atoms with E-state index in [1.165, 1.54) is 17.8 Å². The molecule has 1 aliphatic rings.